The van der Waals surface area contributed by atoms with Crippen molar-refractivity contribution in [3.8, 4) is 0 Å². The molecular weight excluding hydrogens is 151 g/mol. The fraction of sp³-hybridized carbons (Fsp3) is 0.143. The van der Waals surface area contributed by atoms with Crippen LogP contribution in [0.2, 0.25) is 0 Å². The van der Waals surface area contributed by atoms with Gasteiger partial charge in [-0.15, -0.1) is 11.6 Å². The van der Waals surface area contributed by atoms with Crippen molar-refractivity contribution < 1.29 is 0 Å². The quantitative estimate of drug-likeness (QED) is 0.390. The van der Waals surface area contributed by atoms with Gasteiger partial charge < -0.3 is 0 Å². The topological polar surface area (TPSA) is 0 Å². The number of hydrogen-bond acceptors (Lipinski definition) is 0. The summed E-state index contributed by atoms with van der Waals surface area (Å²) in [6, 6.07) is 12.5. The Hall–Kier alpha value is 0.874. The minimum Gasteiger partial charge on any atom is -0.0622 e. The molecule has 0 unspecified atom stereocenters. The molecule has 1 aromatic carbocycles. The van der Waals surface area contributed by atoms with Gasteiger partial charge in [-0.05, 0) is 6.07 Å². The van der Waals surface area contributed by atoms with Crippen LogP contribution < -0.4 is 0 Å². The molecule has 0 atom stereocenters. The molecule has 0 spiro atoms. The Labute approximate surface area is 95.7 Å². The van der Waals surface area contributed by atoms with Crippen molar-refractivity contribution in [2.75, 3.05) is 6.38 Å². The normalized spacial score (nSPS) is 5.40. The summed E-state index contributed by atoms with van der Waals surface area (Å²) in [6.45, 7) is 0. The van der Waals surface area contributed by atoms with Crippen molar-refractivity contribution in [3.63, 3.8) is 0 Å². The number of halogens is 1. The first-order valence-electron chi connectivity index (χ1n) is 2.29. The van der Waals surface area contributed by atoms with E-state index in [-0.39, 0.29) is 41.9 Å². The summed E-state index contributed by atoms with van der Waals surface area (Å²) in [5.74, 6) is 0. The second-order valence-electron chi connectivity index (χ2n) is 1.08. The maximum atomic E-state index is 4.64. The zero-order valence-corrected chi connectivity index (χ0v) is 5.52. The van der Waals surface area contributed by atoms with Crippen LogP contribution in [-0.4, -0.2) is 48.3 Å². The zero-order chi connectivity index (χ0) is 6.24. The molecule has 0 N–H and O–H groups in total. The minimum atomic E-state index is 0. The van der Waals surface area contributed by atoms with Crippen LogP contribution in [0.4, 0.5) is 0 Å². The molecule has 0 aromatic heterocycles. The van der Waals surface area contributed by atoms with Gasteiger partial charge in [-0.1, -0.05) is 30.3 Å². The molecule has 0 saturated heterocycles. The summed E-state index contributed by atoms with van der Waals surface area (Å²) < 4.78 is 0. The van der Waals surface area contributed by atoms with Crippen LogP contribution in [0.15, 0.2) is 30.3 Å². The van der Waals surface area contributed by atoms with E-state index in [0.717, 1.165) is 0 Å². The molecule has 0 amide bonds. The Morgan fingerprint density at radius 3 is 1.50 bits per heavy atom. The summed E-state index contributed by atoms with van der Waals surface area (Å²) in [5, 5.41) is 0. The third-order valence-electron chi connectivity index (χ3n) is 0.607. The van der Waals surface area contributed by atoms with Crippen LogP contribution in [0, 0.1) is 6.07 Å². The maximum Gasteiger partial charge on any atom is 0.316 e. The fourth-order valence-corrected chi connectivity index (χ4v) is 0.342. The van der Waals surface area contributed by atoms with Gasteiger partial charge in [0.1, 0.15) is 0 Å². The predicted molar refractivity (Wildman–Crippen MR) is 52.7 cm³/mol. The van der Waals surface area contributed by atoms with Crippen LogP contribution in [0.3, 0.4) is 0 Å². The Kier molecular flexibility index (Phi) is 28.1. The summed E-state index contributed by atoms with van der Waals surface area (Å²) in [7, 11) is 0. The second-order valence-corrected chi connectivity index (χ2v) is 1.08. The van der Waals surface area contributed by atoms with E-state index in [4.69, 9.17) is 0 Å². The van der Waals surface area contributed by atoms with Gasteiger partial charge >= 0.3 is 41.9 Å². The number of benzene rings is 1. The van der Waals surface area contributed by atoms with Gasteiger partial charge in [0.15, 0.2) is 0 Å². The standard InChI is InChI=1S/C6H5.CH3Cl.Li.Mg.3H/c1-2-4-6-5-3-1;1-2;;;;;/h1-5H;1H3;;;;;. The molecule has 10 heavy (non-hydrogen) atoms. The molecule has 0 heterocycles. The SMILES string of the molecule is CCl.[LiH].[MgH2].[c]1ccccc1. The van der Waals surface area contributed by atoms with Gasteiger partial charge in [-0.2, -0.15) is 0 Å². The monoisotopic (exact) mass is 161 g/mol. The van der Waals surface area contributed by atoms with Crippen LogP contribution in [0.1, 0.15) is 0 Å². The van der Waals surface area contributed by atoms with E-state index in [2.05, 4.69) is 17.7 Å². The van der Waals surface area contributed by atoms with Crippen molar-refractivity contribution >= 4 is 53.5 Å². The molecule has 0 saturated carbocycles. The molecule has 0 fully saturated rings. The Morgan fingerprint density at radius 1 is 1.00 bits per heavy atom. The van der Waals surface area contributed by atoms with Crippen molar-refractivity contribution in [1.29, 1.82) is 0 Å². The van der Waals surface area contributed by atoms with Gasteiger partial charge in [0.2, 0.25) is 0 Å². The number of hydrogen-bond donors (Lipinski definition) is 0. The minimum absolute atomic E-state index is 0. The van der Waals surface area contributed by atoms with Crippen LogP contribution in [0.5, 0.6) is 0 Å². The van der Waals surface area contributed by atoms with E-state index in [1.54, 1.807) is 0 Å². The molecule has 0 bridgehead atoms. The van der Waals surface area contributed by atoms with Crippen molar-refractivity contribution in [2.24, 2.45) is 0 Å². The fourth-order valence-electron chi connectivity index (χ4n) is 0.342. The van der Waals surface area contributed by atoms with Gasteiger partial charge in [0.05, 0.1) is 0 Å². The predicted octanol–water partition coefficient (Wildman–Crippen LogP) is 0.777. The van der Waals surface area contributed by atoms with Crippen molar-refractivity contribution in [2.45, 2.75) is 0 Å². The second kappa shape index (κ2) is 16.5. The van der Waals surface area contributed by atoms with Crippen LogP contribution in [0.25, 0.3) is 0 Å². The third kappa shape index (κ3) is 11.6. The van der Waals surface area contributed by atoms with E-state index in [0.29, 0.717) is 0 Å². The van der Waals surface area contributed by atoms with Gasteiger partial charge in [-0.25, -0.2) is 0 Å². The zero-order valence-electron chi connectivity index (χ0n) is 4.76. The van der Waals surface area contributed by atoms with Gasteiger partial charge in [-0.3, -0.25) is 0 Å². The van der Waals surface area contributed by atoms with E-state index in [1.807, 2.05) is 30.3 Å². The Bertz CT molecular complexity index is 85.5. The molecule has 1 aromatic rings. The molecule has 3 heteroatoms. The van der Waals surface area contributed by atoms with E-state index < -0.39 is 0 Å². The third-order valence-corrected chi connectivity index (χ3v) is 0.607. The van der Waals surface area contributed by atoms with E-state index >= 15 is 0 Å². The van der Waals surface area contributed by atoms with Crippen LogP contribution >= 0.6 is 11.6 Å². The number of rotatable bonds is 0. The first-order chi connectivity index (χ1) is 4.00. The Morgan fingerprint density at radius 2 is 1.40 bits per heavy atom. The number of alkyl halides is 1. The average Bonchev–Trinajstić information content (AvgIpc) is 1.96. The van der Waals surface area contributed by atoms with Crippen LogP contribution in [-0.2, 0) is 0 Å². The van der Waals surface area contributed by atoms with Crippen molar-refractivity contribution in [1.82, 2.24) is 0 Å². The largest absolute Gasteiger partial charge is 0.316 e. The molecular formula is C7H11ClLiMg. The Balaban J connectivity index is -0.000000114. The summed E-state index contributed by atoms with van der Waals surface area (Å²) in [5.41, 5.74) is 0. The molecule has 1 rings (SSSR count). The summed E-state index contributed by atoms with van der Waals surface area (Å²) >= 11 is 4.64. The smallest absolute Gasteiger partial charge is 0.0622 e. The van der Waals surface area contributed by atoms with Gasteiger partial charge in [0, 0.05) is 6.38 Å². The van der Waals surface area contributed by atoms with E-state index in [1.165, 1.54) is 6.38 Å². The molecule has 0 nitrogen and oxygen atoms in total. The molecule has 0 aliphatic rings. The molecule has 1 radical (unpaired) electrons. The molecule has 49 valence electrons. The summed E-state index contributed by atoms with van der Waals surface area (Å²) in [6.07, 6.45) is 1.47. The molecule has 0 aliphatic carbocycles. The summed E-state index contributed by atoms with van der Waals surface area (Å²) in [4.78, 5) is 0. The van der Waals surface area contributed by atoms with Gasteiger partial charge in [0.25, 0.3) is 0 Å². The van der Waals surface area contributed by atoms with Crippen molar-refractivity contribution in [3.05, 3.63) is 36.4 Å². The average molecular weight is 162 g/mol. The van der Waals surface area contributed by atoms with E-state index in [9.17, 15) is 0 Å². The molecule has 0 aliphatic heterocycles. The first-order valence-corrected chi connectivity index (χ1v) is 3.04. The first kappa shape index (κ1) is 17.1. The maximum absolute atomic E-state index is 4.64.